The lowest BCUT2D eigenvalue weighted by atomic mass is 9.90. The van der Waals surface area contributed by atoms with Gasteiger partial charge in [0.2, 0.25) is 0 Å². The first-order chi connectivity index (χ1) is 6.20. The predicted octanol–water partition coefficient (Wildman–Crippen LogP) is 3.38. The van der Waals surface area contributed by atoms with Gasteiger partial charge in [0.25, 0.3) is 0 Å². The van der Waals surface area contributed by atoms with Crippen LogP contribution < -0.4 is 3.93 Å². The molecule has 0 aromatic heterocycles. The zero-order valence-electron chi connectivity index (χ0n) is 8.00. The number of fused-ring (bicyclic) bond motifs is 1. The molecular formula is C11H14BrN. The molecule has 2 heteroatoms. The van der Waals surface area contributed by atoms with E-state index in [9.17, 15) is 0 Å². The summed E-state index contributed by atoms with van der Waals surface area (Å²) < 4.78 is 2.20. The van der Waals surface area contributed by atoms with Gasteiger partial charge >= 0.3 is 0 Å². The molecule has 0 fully saturated rings. The molecule has 0 radical (unpaired) electrons. The van der Waals surface area contributed by atoms with Crippen molar-refractivity contribution in [2.45, 2.75) is 26.3 Å². The molecule has 70 valence electrons. The Labute approximate surface area is 88.1 Å². The van der Waals surface area contributed by atoms with Crippen molar-refractivity contribution in [3.8, 4) is 0 Å². The summed E-state index contributed by atoms with van der Waals surface area (Å²) in [7, 11) is 0. The van der Waals surface area contributed by atoms with Gasteiger partial charge in [0.15, 0.2) is 0 Å². The van der Waals surface area contributed by atoms with Crippen LogP contribution in [0.1, 0.15) is 19.4 Å². The van der Waals surface area contributed by atoms with Crippen LogP contribution >= 0.6 is 16.1 Å². The Hall–Kier alpha value is -0.500. The number of benzene rings is 1. The van der Waals surface area contributed by atoms with Gasteiger partial charge in [0.1, 0.15) is 0 Å². The number of nitrogens with zero attached hydrogens (tertiary/aromatic N) is 1. The molecule has 1 aromatic rings. The molecule has 0 aliphatic carbocycles. The smallest absolute Gasteiger partial charge is 0.0506 e. The van der Waals surface area contributed by atoms with E-state index in [-0.39, 0.29) is 0 Å². The molecule has 0 bridgehead atoms. The van der Waals surface area contributed by atoms with Crippen LogP contribution in [0.3, 0.4) is 0 Å². The quantitative estimate of drug-likeness (QED) is 0.628. The van der Waals surface area contributed by atoms with E-state index in [0.29, 0.717) is 12.0 Å². The van der Waals surface area contributed by atoms with Gasteiger partial charge in [-0.25, -0.2) is 0 Å². The summed E-state index contributed by atoms with van der Waals surface area (Å²) in [4.78, 5) is 0. The second-order valence-corrected chi connectivity index (χ2v) is 4.63. The van der Waals surface area contributed by atoms with Crippen molar-refractivity contribution in [3.05, 3.63) is 29.8 Å². The number of para-hydroxylation sites is 1. The monoisotopic (exact) mass is 239 g/mol. The van der Waals surface area contributed by atoms with Crippen molar-refractivity contribution in [2.24, 2.45) is 5.92 Å². The maximum atomic E-state index is 3.63. The van der Waals surface area contributed by atoms with Crippen LogP contribution in [0, 0.1) is 5.92 Å². The second-order valence-electron chi connectivity index (χ2n) is 3.86. The summed E-state index contributed by atoms with van der Waals surface area (Å²) in [6, 6.07) is 9.17. The lowest BCUT2D eigenvalue weighted by Crippen LogP contribution is -2.35. The van der Waals surface area contributed by atoms with Crippen LogP contribution in [0.25, 0.3) is 0 Å². The summed E-state index contributed by atoms with van der Waals surface area (Å²) in [6.07, 6.45) is 1.19. The van der Waals surface area contributed by atoms with Crippen LogP contribution in [-0.4, -0.2) is 6.04 Å². The van der Waals surface area contributed by atoms with Crippen molar-refractivity contribution >= 4 is 21.8 Å². The van der Waals surface area contributed by atoms with Gasteiger partial charge < -0.3 is 3.93 Å². The normalized spacial score (nSPS) is 27.2. The molecule has 2 atom stereocenters. The number of hydrogen-bond acceptors (Lipinski definition) is 1. The van der Waals surface area contributed by atoms with Crippen LogP contribution in [0.5, 0.6) is 0 Å². The summed E-state index contributed by atoms with van der Waals surface area (Å²) in [6.45, 7) is 4.56. The third kappa shape index (κ3) is 1.48. The van der Waals surface area contributed by atoms with E-state index in [1.165, 1.54) is 17.7 Å². The highest BCUT2D eigenvalue weighted by molar-refractivity contribution is 9.10. The van der Waals surface area contributed by atoms with Gasteiger partial charge in [0, 0.05) is 22.2 Å². The topological polar surface area (TPSA) is 3.24 Å². The van der Waals surface area contributed by atoms with E-state index < -0.39 is 0 Å². The van der Waals surface area contributed by atoms with E-state index in [4.69, 9.17) is 0 Å². The third-order valence-corrected chi connectivity index (χ3v) is 3.97. The lowest BCUT2D eigenvalue weighted by Gasteiger charge is -2.36. The van der Waals surface area contributed by atoms with E-state index in [2.05, 4.69) is 58.2 Å². The number of rotatable bonds is 0. The van der Waals surface area contributed by atoms with E-state index >= 15 is 0 Å². The highest BCUT2D eigenvalue weighted by Gasteiger charge is 2.26. The molecule has 2 unspecified atom stereocenters. The molecule has 1 aliphatic heterocycles. The van der Waals surface area contributed by atoms with Crippen molar-refractivity contribution in [2.75, 3.05) is 3.93 Å². The highest BCUT2D eigenvalue weighted by atomic mass is 79.9. The molecule has 0 saturated carbocycles. The van der Waals surface area contributed by atoms with Gasteiger partial charge in [0.05, 0.1) is 5.69 Å². The maximum Gasteiger partial charge on any atom is 0.0506 e. The predicted molar refractivity (Wildman–Crippen MR) is 60.2 cm³/mol. The van der Waals surface area contributed by atoms with Crippen molar-refractivity contribution in [1.29, 1.82) is 0 Å². The average molecular weight is 240 g/mol. The molecule has 1 nitrogen and oxygen atoms in total. The minimum absolute atomic E-state index is 0.579. The molecule has 1 heterocycles. The Kier molecular flexibility index (Phi) is 2.33. The molecule has 1 aromatic carbocycles. The molecule has 0 spiro atoms. The van der Waals surface area contributed by atoms with Gasteiger partial charge in [-0.3, -0.25) is 0 Å². The minimum Gasteiger partial charge on any atom is -0.306 e. The maximum absolute atomic E-state index is 3.63. The molecule has 1 aliphatic rings. The summed E-state index contributed by atoms with van der Waals surface area (Å²) in [5, 5.41) is 0. The molecule has 0 saturated heterocycles. The largest absolute Gasteiger partial charge is 0.306 e. The Morgan fingerprint density at radius 3 is 2.77 bits per heavy atom. The minimum atomic E-state index is 0.579. The zero-order valence-corrected chi connectivity index (χ0v) is 9.58. The van der Waals surface area contributed by atoms with Gasteiger partial charge in [-0.15, -0.1) is 0 Å². The first-order valence-corrected chi connectivity index (χ1v) is 5.44. The van der Waals surface area contributed by atoms with Crippen LogP contribution in [0.15, 0.2) is 24.3 Å². The third-order valence-electron chi connectivity index (χ3n) is 2.94. The summed E-state index contributed by atoms with van der Waals surface area (Å²) in [5.74, 6) is 0.717. The fraction of sp³-hybridized carbons (Fsp3) is 0.455. The van der Waals surface area contributed by atoms with Crippen molar-refractivity contribution in [3.63, 3.8) is 0 Å². The standard InChI is InChI=1S/C11H14BrN/c1-8-7-10-5-3-4-6-11(10)13(12)9(8)2/h3-6,8-9H,7H2,1-2H3. The number of anilines is 1. The van der Waals surface area contributed by atoms with Crippen LogP contribution in [0.4, 0.5) is 5.69 Å². The van der Waals surface area contributed by atoms with Gasteiger partial charge in [-0.05, 0) is 30.9 Å². The van der Waals surface area contributed by atoms with Crippen molar-refractivity contribution < 1.29 is 0 Å². The summed E-state index contributed by atoms with van der Waals surface area (Å²) in [5.41, 5.74) is 2.78. The number of hydrogen-bond donors (Lipinski definition) is 0. The second kappa shape index (κ2) is 3.33. The molecular weight excluding hydrogens is 226 g/mol. The highest BCUT2D eigenvalue weighted by Crippen LogP contribution is 2.35. The lowest BCUT2D eigenvalue weighted by molar-refractivity contribution is 0.472. The first-order valence-electron chi connectivity index (χ1n) is 4.73. The van der Waals surface area contributed by atoms with Crippen LogP contribution in [-0.2, 0) is 6.42 Å². The summed E-state index contributed by atoms with van der Waals surface area (Å²) >= 11 is 3.63. The Balaban J connectivity index is 2.43. The Morgan fingerprint density at radius 1 is 1.31 bits per heavy atom. The average Bonchev–Trinajstić information content (AvgIpc) is 2.15. The first kappa shape index (κ1) is 9.07. The van der Waals surface area contributed by atoms with Crippen LogP contribution in [0.2, 0.25) is 0 Å². The molecule has 0 amide bonds. The molecule has 13 heavy (non-hydrogen) atoms. The van der Waals surface area contributed by atoms with E-state index in [0.717, 1.165) is 0 Å². The zero-order chi connectivity index (χ0) is 9.42. The van der Waals surface area contributed by atoms with E-state index in [1.54, 1.807) is 0 Å². The number of halogens is 1. The van der Waals surface area contributed by atoms with E-state index in [1.807, 2.05) is 0 Å². The Morgan fingerprint density at radius 2 is 2.00 bits per heavy atom. The molecule has 2 rings (SSSR count). The Bertz CT molecular complexity index is 311. The fourth-order valence-electron chi connectivity index (χ4n) is 1.85. The van der Waals surface area contributed by atoms with Gasteiger partial charge in [-0.2, -0.15) is 0 Å². The van der Waals surface area contributed by atoms with Crippen molar-refractivity contribution in [1.82, 2.24) is 0 Å². The SMILES string of the molecule is CC1Cc2ccccc2N(Br)C1C. The molecule has 0 N–H and O–H groups in total. The fourth-order valence-corrected chi connectivity index (χ4v) is 2.60. The van der Waals surface area contributed by atoms with Gasteiger partial charge in [-0.1, -0.05) is 25.1 Å².